The van der Waals surface area contributed by atoms with Crippen LogP contribution in [0.5, 0.6) is 0 Å². The summed E-state index contributed by atoms with van der Waals surface area (Å²) >= 11 is 4.78. The summed E-state index contributed by atoms with van der Waals surface area (Å²) in [6.07, 6.45) is 7.29. The lowest BCUT2D eigenvalue weighted by molar-refractivity contribution is 0.795. The Bertz CT molecular complexity index is 844. The second-order valence-corrected chi connectivity index (χ2v) is 7.78. The van der Waals surface area contributed by atoms with E-state index < -0.39 is 0 Å². The highest BCUT2D eigenvalue weighted by Gasteiger charge is 2.11. The maximum Gasteiger partial charge on any atom is 0.0125 e. The van der Waals surface area contributed by atoms with Crippen LogP contribution in [-0.4, -0.2) is 0 Å². The van der Waals surface area contributed by atoms with E-state index in [0.717, 1.165) is 17.7 Å². The minimum Gasteiger partial charge on any atom is -0.143 e. The Morgan fingerprint density at radius 1 is 0.630 bits per heavy atom. The number of hydrogen-bond donors (Lipinski definition) is 1. The Morgan fingerprint density at radius 3 is 1.67 bits per heavy atom. The van der Waals surface area contributed by atoms with Gasteiger partial charge in [-0.2, -0.15) is 0 Å². The van der Waals surface area contributed by atoms with E-state index in [9.17, 15) is 0 Å². The van der Waals surface area contributed by atoms with Crippen molar-refractivity contribution < 1.29 is 0 Å². The molecule has 0 aliphatic carbocycles. The molecular formula is C26H30S. The summed E-state index contributed by atoms with van der Waals surface area (Å²) in [5, 5.41) is 0. The molecule has 0 heterocycles. The van der Waals surface area contributed by atoms with Gasteiger partial charge in [0.05, 0.1) is 0 Å². The molecule has 0 aromatic heterocycles. The Morgan fingerprint density at radius 2 is 1.15 bits per heavy atom. The average Bonchev–Trinajstić information content (AvgIpc) is 2.71. The molecule has 3 rings (SSSR count). The molecule has 0 amide bonds. The molecule has 0 unspecified atom stereocenters. The first-order valence-electron chi connectivity index (χ1n) is 10.2. The first-order valence-corrected chi connectivity index (χ1v) is 10.7. The van der Waals surface area contributed by atoms with E-state index >= 15 is 0 Å². The molecule has 0 nitrogen and oxygen atoms in total. The molecule has 0 N–H and O–H groups in total. The van der Waals surface area contributed by atoms with E-state index in [1.165, 1.54) is 59.1 Å². The van der Waals surface area contributed by atoms with Crippen molar-refractivity contribution in [1.82, 2.24) is 0 Å². The molecule has 3 aromatic rings. The highest BCUT2D eigenvalue weighted by Crippen LogP contribution is 2.37. The molecular weight excluding hydrogens is 344 g/mol. The van der Waals surface area contributed by atoms with Crippen molar-refractivity contribution in [2.75, 3.05) is 0 Å². The van der Waals surface area contributed by atoms with Gasteiger partial charge in [-0.15, -0.1) is 12.6 Å². The Kier molecular flexibility index (Phi) is 7.18. The largest absolute Gasteiger partial charge is 0.143 e. The lowest BCUT2D eigenvalue weighted by Crippen LogP contribution is -1.90. The van der Waals surface area contributed by atoms with Gasteiger partial charge in [0.1, 0.15) is 0 Å². The van der Waals surface area contributed by atoms with Crippen LogP contribution in [0.15, 0.2) is 71.6 Å². The van der Waals surface area contributed by atoms with Crippen LogP contribution in [0.25, 0.3) is 22.3 Å². The van der Waals surface area contributed by atoms with Crippen molar-refractivity contribution in [3.63, 3.8) is 0 Å². The third kappa shape index (κ3) is 5.05. The van der Waals surface area contributed by atoms with Crippen molar-refractivity contribution >= 4 is 12.6 Å². The number of thiol groups is 1. The molecule has 0 spiro atoms. The van der Waals surface area contributed by atoms with Gasteiger partial charge in [-0.1, -0.05) is 87.4 Å². The standard InChI is InChI=1S/C26H30S/c1-3-5-8-20-12-16-22(17-13-20)24-10-7-11-25(27)26(24)23-18-14-21(15-19-23)9-6-4-2/h7,10-19,27H,3-6,8-9H2,1-2H3. The van der Waals surface area contributed by atoms with Crippen LogP contribution in [0.1, 0.15) is 50.7 Å². The fraction of sp³-hybridized carbons (Fsp3) is 0.308. The minimum atomic E-state index is 1.03. The molecule has 0 aliphatic rings. The number of rotatable bonds is 8. The Hall–Kier alpha value is -1.99. The highest BCUT2D eigenvalue weighted by molar-refractivity contribution is 7.80. The SMILES string of the molecule is CCCCc1ccc(-c2cccc(S)c2-c2ccc(CCCC)cc2)cc1. The zero-order chi connectivity index (χ0) is 19.1. The van der Waals surface area contributed by atoms with Gasteiger partial charge in [0.15, 0.2) is 0 Å². The first-order chi connectivity index (χ1) is 13.2. The van der Waals surface area contributed by atoms with Crippen molar-refractivity contribution in [3.8, 4) is 22.3 Å². The molecule has 3 aromatic carbocycles. The number of benzene rings is 3. The molecule has 0 saturated heterocycles. The summed E-state index contributed by atoms with van der Waals surface area (Å²) in [5.41, 5.74) is 7.82. The van der Waals surface area contributed by atoms with E-state index in [1.807, 2.05) is 0 Å². The van der Waals surface area contributed by atoms with E-state index in [1.54, 1.807) is 0 Å². The summed E-state index contributed by atoms with van der Waals surface area (Å²) in [6.45, 7) is 4.48. The quantitative estimate of drug-likeness (QED) is 0.379. The molecule has 0 atom stereocenters. The van der Waals surface area contributed by atoms with E-state index in [0.29, 0.717) is 0 Å². The number of aryl methyl sites for hydroxylation is 2. The molecule has 0 fully saturated rings. The van der Waals surface area contributed by atoms with Crippen LogP contribution in [0, 0.1) is 0 Å². The maximum atomic E-state index is 4.78. The predicted molar refractivity (Wildman–Crippen MR) is 122 cm³/mol. The normalized spacial score (nSPS) is 10.9. The molecule has 0 aliphatic heterocycles. The zero-order valence-corrected chi connectivity index (χ0v) is 17.4. The van der Waals surface area contributed by atoms with Gasteiger partial charge in [0, 0.05) is 10.5 Å². The summed E-state index contributed by atoms with van der Waals surface area (Å²) < 4.78 is 0. The zero-order valence-electron chi connectivity index (χ0n) is 16.5. The van der Waals surface area contributed by atoms with Gasteiger partial charge >= 0.3 is 0 Å². The van der Waals surface area contributed by atoms with Crippen molar-refractivity contribution in [2.45, 2.75) is 57.3 Å². The van der Waals surface area contributed by atoms with E-state index in [4.69, 9.17) is 12.6 Å². The number of unbranched alkanes of at least 4 members (excludes halogenated alkanes) is 2. The maximum absolute atomic E-state index is 4.78. The van der Waals surface area contributed by atoms with Crippen molar-refractivity contribution in [3.05, 3.63) is 77.9 Å². The number of hydrogen-bond acceptors (Lipinski definition) is 1. The minimum absolute atomic E-state index is 1.03. The predicted octanol–water partition coefficient (Wildman–Crippen LogP) is 7.99. The van der Waals surface area contributed by atoms with Gasteiger partial charge < -0.3 is 0 Å². The summed E-state index contributed by atoms with van der Waals surface area (Å²) in [7, 11) is 0. The van der Waals surface area contributed by atoms with Gasteiger partial charge in [-0.05, 0) is 59.6 Å². The fourth-order valence-corrected chi connectivity index (χ4v) is 3.87. The fourth-order valence-electron chi connectivity index (χ4n) is 3.53. The summed E-state index contributed by atoms with van der Waals surface area (Å²) in [4.78, 5) is 1.03. The van der Waals surface area contributed by atoms with Crippen LogP contribution in [-0.2, 0) is 12.8 Å². The van der Waals surface area contributed by atoms with E-state index in [-0.39, 0.29) is 0 Å². The molecule has 0 saturated carbocycles. The van der Waals surface area contributed by atoms with Crippen LogP contribution in [0.2, 0.25) is 0 Å². The van der Waals surface area contributed by atoms with Crippen molar-refractivity contribution in [1.29, 1.82) is 0 Å². The third-order valence-electron chi connectivity index (χ3n) is 5.19. The van der Waals surface area contributed by atoms with Gasteiger partial charge in [-0.25, -0.2) is 0 Å². The van der Waals surface area contributed by atoms with Crippen LogP contribution in [0.4, 0.5) is 0 Å². The van der Waals surface area contributed by atoms with Crippen LogP contribution in [0.3, 0.4) is 0 Å². The van der Waals surface area contributed by atoms with Gasteiger partial charge in [0.2, 0.25) is 0 Å². The highest BCUT2D eigenvalue weighted by atomic mass is 32.1. The Labute approximate surface area is 170 Å². The molecule has 0 bridgehead atoms. The summed E-state index contributed by atoms with van der Waals surface area (Å²) in [6, 6.07) is 24.5. The third-order valence-corrected chi connectivity index (χ3v) is 5.56. The molecule has 140 valence electrons. The second kappa shape index (κ2) is 9.80. The van der Waals surface area contributed by atoms with Gasteiger partial charge in [0.25, 0.3) is 0 Å². The average molecular weight is 375 g/mol. The van der Waals surface area contributed by atoms with Crippen LogP contribution < -0.4 is 0 Å². The molecule has 27 heavy (non-hydrogen) atoms. The smallest absolute Gasteiger partial charge is 0.0125 e. The van der Waals surface area contributed by atoms with E-state index in [2.05, 4.69) is 80.6 Å². The summed E-state index contributed by atoms with van der Waals surface area (Å²) in [5.74, 6) is 0. The van der Waals surface area contributed by atoms with Crippen LogP contribution >= 0.6 is 12.6 Å². The topological polar surface area (TPSA) is 0 Å². The Balaban J connectivity index is 1.93. The lowest BCUT2D eigenvalue weighted by Gasteiger charge is -2.14. The first kappa shape index (κ1) is 19.8. The molecule has 1 heteroatoms. The monoisotopic (exact) mass is 374 g/mol. The lowest BCUT2D eigenvalue weighted by atomic mass is 9.92. The van der Waals surface area contributed by atoms with Gasteiger partial charge in [-0.3, -0.25) is 0 Å². The molecule has 0 radical (unpaired) electrons. The van der Waals surface area contributed by atoms with Crippen molar-refractivity contribution in [2.24, 2.45) is 0 Å². The second-order valence-electron chi connectivity index (χ2n) is 7.30.